The van der Waals surface area contributed by atoms with Gasteiger partial charge in [0.1, 0.15) is 5.75 Å². The number of hydrogen-bond acceptors (Lipinski definition) is 4. The van der Waals surface area contributed by atoms with Crippen LogP contribution in [0.25, 0.3) is 0 Å². The molecule has 0 radical (unpaired) electrons. The minimum Gasteiger partial charge on any atom is -0.496 e. The Morgan fingerprint density at radius 2 is 1.93 bits per heavy atom. The first-order chi connectivity index (χ1) is 14.2. The third kappa shape index (κ3) is 4.02. The van der Waals surface area contributed by atoms with Gasteiger partial charge in [0.15, 0.2) is 0 Å². The summed E-state index contributed by atoms with van der Waals surface area (Å²) in [6.07, 6.45) is 3.06. The van der Waals surface area contributed by atoms with Crippen molar-refractivity contribution in [3.05, 3.63) is 65.7 Å². The van der Waals surface area contributed by atoms with Gasteiger partial charge in [-0.25, -0.2) is 0 Å². The molecule has 0 bridgehead atoms. The van der Waals surface area contributed by atoms with Crippen LogP contribution in [-0.4, -0.2) is 53.7 Å². The highest BCUT2D eigenvalue weighted by molar-refractivity contribution is 5.80. The van der Waals surface area contributed by atoms with Gasteiger partial charge in [0.25, 0.3) is 0 Å². The van der Waals surface area contributed by atoms with Crippen molar-refractivity contribution in [1.29, 1.82) is 0 Å². The van der Waals surface area contributed by atoms with E-state index in [1.165, 1.54) is 5.56 Å². The van der Waals surface area contributed by atoms with Crippen LogP contribution in [0.3, 0.4) is 0 Å². The highest BCUT2D eigenvalue weighted by atomic mass is 16.5. The summed E-state index contributed by atoms with van der Waals surface area (Å²) in [6, 6.07) is 18.9. The lowest BCUT2D eigenvalue weighted by Crippen LogP contribution is -2.41. The standard InChI is InChI=1S/C24H30N2O3/c1-29-23-12-6-5-10-19(23)17-25(14-15-27)24(28)20-16-22(18-8-3-2-4-9-18)26-13-7-11-21(20)26/h2-6,8-10,12,20-22,27H,7,11,13-17H2,1H3/t20-,21+,22-/m1/s1. The van der Waals surface area contributed by atoms with Crippen LogP contribution in [-0.2, 0) is 11.3 Å². The van der Waals surface area contributed by atoms with Crippen molar-refractivity contribution in [2.24, 2.45) is 5.92 Å². The number of fused-ring (bicyclic) bond motifs is 1. The van der Waals surface area contributed by atoms with E-state index in [1.54, 1.807) is 7.11 Å². The summed E-state index contributed by atoms with van der Waals surface area (Å²) in [7, 11) is 1.65. The van der Waals surface area contributed by atoms with Crippen LogP contribution in [0.15, 0.2) is 54.6 Å². The van der Waals surface area contributed by atoms with Crippen molar-refractivity contribution >= 4 is 5.91 Å². The average molecular weight is 395 g/mol. The first-order valence-corrected chi connectivity index (χ1v) is 10.5. The second kappa shape index (κ2) is 8.97. The average Bonchev–Trinajstić information content (AvgIpc) is 3.37. The molecule has 1 N–H and O–H groups in total. The van der Waals surface area contributed by atoms with E-state index in [2.05, 4.69) is 29.2 Å². The molecule has 0 aliphatic carbocycles. The summed E-state index contributed by atoms with van der Waals surface area (Å²) < 4.78 is 5.47. The number of para-hydroxylation sites is 1. The van der Waals surface area contributed by atoms with Crippen LogP contribution in [0.1, 0.15) is 36.4 Å². The summed E-state index contributed by atoms with van der Waals surface area (Å²) in [4.78, 5) is 17.9. The fraction of sp³-hybridized carbons (Fsp3) is 0.458. The van der Waals surface area contributed by atoms with Gasteiger partial charge in [0, 0.05) is 30.7 Å². The van der Waals surface area contributed by atoms with Crippen molar-refractivity contribution in [3.63, 3.8) is 0 Å². The van der Waals surface area contributed by atoms with Crippen LogP contribution < -0.4 is 4.74 Å². The van der Waals surface area contributed by atoms with Gasteiger partial charge >= 0.3 is 0 Å². The van der Waals surface area contributed by atoms with Crippen molar-refractivity contribution in [3.8, 4) is 5.75 Å². The topological polar surface area (TPSA) is 53.0 Å². The van der Waals surface area contributed by atoms with Gasteiger partial charge in [0.05, 0.1) is 19.6 Å². The summed E-state index contributed by atoms with van der Waals surface area (Å²) in [5, 5.41) is 9.61. The number of nitrogens with zero attached hydrogens (tertiary/aromatic N) is 2. The van der Waals surface area contributed by atoms with Crippen LogP contribution in [0.5, 0.6) is 5.75 Å². The zero-order chi connectivity index (χ0) is 20.2. The summed E-state index contributed by atoms with van der Waals surface area (Å²) in [6.45, 7) is 1.82. The maximum absolute atomic E-state index is 13.6. The molecule has 0 spiro atoms. The third-order valence-electron chi connectivity index (χ3n) is 6.42. The van der Waals surface area contributed by atoms with E-state index in [0.29, 0.717) is 25.2 Å². The Kier molecular flexibility index (Phi) is 6.16. The second-order valence-electron chi connectivity index (χ2n) is 8.01. The number of methoxy groups -OCH3 is 1. The predicted octanol–water partition coefficient (Wildman–Crippen LogP) is 3.24. The van der Waals surface area contributed by atoms with Gasteiger partial charge in [-0.2, -0.15) is 0 Å². The van der Waals surface area contributed by atoms with Gasteiger partial charge in [-0.1, -0.05) is 48.5 Å². The van der Waals surface area contributed by atoms with Gasteiger partial charge in [-0.05, 0) is 37.4 Å². The summed E-state index contributed by atoms with van der Waals surface area (Å²) in [5.41, 5.74) is 2.27. The third-order valence-corrected chi connectivity index (χ3v) is 6.42. The lowest BCUT2D eigenvalue weighted by molar-refractivity contribution is -0.137. The Balaban J connectivity index is 1.56. The number of aliphatic hydroxyl groups is 1. The van der Waals surface area contributed by atoms with E-state index < -0.39 is 0 Å². The molecular weight excluding hydrogens is 364 g/mol. The highest BCUT2D eigenvalue weighted by Crippen LogP contribution is 2.45. The Bertz CT molecular complexity index is 826. The van der Waals surface area contributed by atoms with E-state index in [1.807, 2.05) is 35.2 Å². The zero-order valence-corrected chi connectivity index (χ0v) is 17.0. The molecule has 5 nitrogen and oxygen atoms in total. The summed E-state index contributed by atoms with van der Waals surface area (Å²) >= 11 is 0. The smallest absolute Gasteiger partial charge is 0.227 e. The normalized spacial score (nSPS) is 23.7. The van der Waals surface area contributed by atoms with E-state index in [9.17, 15) is 9.90 Å². The van der Waals surface area contributed by atoms with E-state index in [-0.39, 0.29) is 18.4 Å². The Hall–Kier alpha value is -2.37. The number of amides is 1. The molecule has 2 aliphatic heterocycles. The van der Waals surface area contributed by atoms with E-state index >= 15 is 0 Å². The quantitative estimate of drug-likeness (QED) is 0.783. The number of hydrogen-bond donors (Lipinski definition) is 1. The van der Waals surface area contributed by atoms with Crippen molar-refractivity contribution in [2.45, 2.75) is 37.9 Å². The molecule has 2 aromatic rings. The summed E-state index contributed by atoms with van der Waals surface area (Å²) in [5.74, 6) is 0.906. The SMILES string of the molecule is COc1ccccc1CN(CCO)C(=O)[C@@H]1C[C@H](c2ccccc2)N2CCC[C@@H]12. The van der Waals surface area contributed by atoms with Crippen molar-refractivity contribution < 1.29 is 14.6 Å². The molecular formula is C24H30N2O3. The van der Waals surface area contributed by atoms with Crippen molar-refractivity contribution in [1.82, 2.24) is 9.80 Å². The minimum absolute atomic E-state index is 0.0241. The Labute approximate surface area is 172 Å². The number of aliphatic hydroxyl groups excluding tert-OH is 1. The highest BCUT2D eigenvalue weighted by Gasteiger charge is 2.48. The Morgan fingerprint density at radius 3 is 2.69 bits per heavy atom. The van der Waals surface area contributed by atoms with Gasteiger partial charge in [-0.15, -0.1) is 0 Å². The van der Waals surface area contributed by atoms with Crippen LogP contribution >= 0.6 is 0 Å². The Morgan fingerprint density at radius 1 is 1.17 bits per heavy atom. The molecule has 2 saturated heterocycles. The first-order valence-electron chi connectivity index (χ1n) is 10.5. The second-order valence-corrected chi connectivity index (χ2v) is 8.01. The molecule has 29 heavy (non-hydrogen) atoms. The van der Waals surface area contributed by atoms with Gasteiger partial charge in [-0.3, -0.25) is 9.69 Å². The molecule has 2 fully saturated rings. The first kappa shape index (κ1) is 19.9. The molecule has 5 heteroatoms. The minimum atomic E-state index is -0.0376. The van der Waals surface area contributed by atoms with E-state index in [0.717, 1.165) is 37.1 Å². The number of benzene rings is 2. The maximum atomic E-state index is 13.6. The van der Waals surface area contributed by atoms with Gasteiger partial charge < -0.3 is 14.7 Å². The molecule has 0 unspecified atom stereocenters. The van der Waals surface area contributed by atoms with Crippen LogP contribution in [0.4, 0.5) is 0 Å². The number of rotatable bonds is 7. The number of carbonyl (C=O) groups excluding carboxylic acids is 1. The molecule has 2 heterocycles. The van der Waals surface area contributed by atoms with Crippen molar-refractivity contribution in [2.75, 3.05) is 26.8 Å². The zero-order valence-electron chi connectivity index (χ0n) is 17.0. The largest absolute Gasteiger partial charge is 0.496 e. The molecule has 0 aromatic heterocycles. The molecule has 1 amide bonds. The lowest BCUT2D eigenvalue weighted by Gasteiger charge is -2.28. The fourth-order valence-corrected chi connectivity index (χ4v) is 5.10. The predicted molar refractivity (Wildman–Crippen MR) is 113 cm³/mol. The fourth-order valence-electron chi connectivity index (χ4n) is 5.10. The molecule has 2 aromatic carbocycles. The number of ether oxygens (including phenoxy) is 1. The molecule has 0 saturated carbocycles. The molecule has 3 atom stereocenters. The van der Waals surface area contributed by atoms with Gasteiger partial charge in [0.2, 0.25) is 5.91 Å². The lowest BCUT2D eigenvalue weighted by atomic mass is 9.93. The molecule has 154 valence electrons. The van der Waals surface area contributed by atoms with Crippen LogP contribution in [0.2, 0.25) is 0 Å². The maximum Gasteiger partial charge on any atom is 0.227 e. The monoisotopic (exact) mass is 394 g/mol. The van der Waals surface area contributed by atoms with E-state index in [4.69, 9.17) is 4.74 Å². The molecule has 4 rings (SSSR count). The molecule has 2 aliphatic rings. The number of carbonyl (C=O) groups is 1. The van der Waals surface area contributed by atoms with Crippen LogP contribution in [0, 0.1) is 5.92 Å².